The molecule has 0 amide bonds. The van der Waals surface area contributed by atoms with Crippen molar-refractivity contribution in [3.05, 3.63) is 102 Å². The molecule has 2 unspecified atom stereocenters. The first-order valence-corrected chi connectivity index (χ1v) is 10.3. The monoisotopic (exact) mass is 386 g/mol. The number of hydrogen-bond donors (Lipinski definition) is 0. The molecule has 2 saturated heterocycles. The molecule has 0 N–H and O–H groups in total. The maximum absolute atomic E-state index is 6.31. The standard InChI is InChI=1S/C26H26O3/c1-27-24-14-12-20(13-15-24)21-18-25(22-8-4-2-5-9-22)16-17-26(19-21,29-28-25)23-10-6-3-7-11-23/h2-15,21H,16-19H2,1H3. The first kappa shape index (κ1) is 18.4. The molecule has 1 aliphatic carbocycles. The molecule has 6 rings (SSSR count). The number of methoxy groups -OCH3 is 1. The van der Waals surface area contributed by atoms with Crippen LogP contribution in [0.15, 0.2) is 84.9 Å². The van der Waals surface area contributed by atoms with Gasteiger partial charge in [-0.1, -0.05) is 72.8 Å². The molecule has 3 aromatic carbocycles. The largest absolute Gasteiger partial charge is 0.497 e. The highest BCUT2D eigenvalue weighted by Gasteiger charge is 2.53. The van der Waals surface area contributed by atoms with Crippen LogP contribution in [0.5, 0.6) is 5.75 Å². The zero-order valence-corrected chi connectivity index (χ0v) is 16.7. The number of rotatable bonds is 4. The van der Waals surface area contributed by atoms with Gasteiger partial charge in [0.2, 0.25) is 0 Å². The third kappa shape index (κ3) is 3.25. The summed E-state index contributed by atoms with van der Waals surface area (Å²) in [6.45, 7) is 0. The van der Waals surface area contributed by atoms with E-state index < -0.39 is 11.2 Å². The Labute approximate surface area is 172 Å². The van der Waals surface area contributed by atoms with Crippen molar-refractivity contribution in [1.82, 2.24) is 0 Å². The van der Waals surface area contributed by atoms with E-state index >= 15 is 0 Å². The third-order valence-electron chi connectivity index (χ3n) is 6.63. The van der Waals surface area contributed by atoms with Gasteiger partial charge in [-0.25, -0.2) is 9.78 Å². The molecule has 1 saturated carbocycles. The average molecular weight is 386 g/mol. The molecule has 3 nitrogen and oxygen atoms in total. The van der Waals surface area contributed by atoms with Crippen LogP contribution in [0.1, 0.15) is 48.3 Å². The zero-order chi connectivity index (χ0) is 19.7. The van der Waals surface area contributed by atoms with Gasteiger partial charge in [0.15, 0.2) is 0 Å². The summed E-state index contributed by atoms with van der Waals surface area (Å²) in [5.74, 6) is 1.21. The molecule has 0 spiro atoms. The predicted molar refractivity (Wildman–Crippen MR) is 113 cm³/mol. The summed E-state index contributed by atoms with van der Waals surface area (Å²) in [4.78, 5) is 12.6. The normalized spacial score (nSPS) is 28.7. The molecule has 2 bridgehead atoms. The maximum Gasteiger partial charge on any atom is 0.129 e. The van der Waals surface area contributed by atoms with E-state index in [0.717, 1.165) is 31.4 Å². The molecule has 3 aliphatic rings. The Balaban J connectivity index is 1.58. The van der Waals surface area contributed by atoms with Crippen molar-refractivity contribution in [3.63, 3.8) is 0 Å². The van der Waals surface area contributed by atoms with Gasteiger partial charge < -0.3 is 4.74 Å². The van der Waals surface area contributed by atoms with Crippen molar-refractivity contribution in [2.24, 2.45) is 0 Å². The van der Waals surface area contributed by atoms with E-state index in [1.807, 2.05) is 12.1 Å². The Bertz CT molecular complexity index is 885. The fraction of sp³-hybridized carbons (Fsp3) is 0.308. The fourth-order valence-electron chi connectivity index (χ4n) is 5.00. The summed E-state index contributed by atoms with van der Waals surface area (Å²) in [7, 11) is 1.71. The van der Waals surface area contributed by atoms with Crippen molar-refractivity contribution in [2.45, 2.75) is 42.8 Å². The van der Waals surface area contributed by atoms with Gasteiger partial charge in [-0.3, -0.25) is 0 Å². The molecule has 3 heteroatoms. The number of fused-ring (bicyclic) bond motifs is 4. The lowest BCUT2D eigenvalue weighted by atomic mass is 9.80. The first-order chi connectivity index (χ1) is 14.2. The number of benzene rings is 3. The van der Waals surface area contributed by atoms with E-state index in [1.54, 1.807) is 7.11 Å². The maximum atomic E-state index is 6.31. The molecule has 0 aromatic heterocycles. The first-order valence-electron chi connectivity index (χ1n) is 10.3. The van der Waals surface area contributed by atoms with Crippen molar-refractivity contribution >= 4 is 0 Å². The van der Waals surface area contributed by atoms with E-state index in [9.17, 15) is 0 Å². The summed E-state index contributed by atoms with van der Waals surface area (Å²) in [6.07, 6.45) is 3.69. The summed E-state index contributed by atoms with van der Waals surface area (Å²) in [5.41, 5.74) is 2.87. The van der Waals surface area contributed by atoms with E-state index in [1.165, 1.54) is 16.7 Å². The Morgan fingerprint density at radius 1 is 0.690 bits per heavy atom. The summed E-state index contributed by atoms with van der Waals surface area (Å²) in [6, 6.07) is 29.6. The quantitative estimate of drug-likeness (QED) is 0.507. The Morgan fingerprint density at radius 3 is 1.59 bits per heavy atom. The predicted octanol–water partition coefficient (Wildman–Crippen LogP) is 6.11. The molecule has 148 valence electrons. The third-order valence-corrected chi connectivity index (χ3v) is 6.63. The van der Waals surface area contributed by atoms with Crippen LogP contribution >= 0.6 is 0 Å². The number of hydrogen-bond acceptors (Lipinski definition) is 3. The smallest absolute Gasteiger partial charge is 0.129 e. The van der Waals surface area contributed by atoms with Gasteiger partial charge in [0.1, 0.15) is 17.0 Å². The molecule has 3 fully saturated rings. The molecular weight excluding hydrogens is 360 g/mol. The van der Waals surface area contributed by atoms with Gasteiger partial charge in [0.25, 0.3) is 0 Å². The van der Waals surface area contributed by atoms with E-state index in [0.29, 0.717) is 5.92 Å². The summed E-state index contributed by atoms with van der Waals surface area (Å²) in [5, 5.41) is 0. The van der Waals surface area contributed by atoms with Crippen LogP contribution in [0.3, 0.4) is 0 Å². The SMILES string of the molecule is COc1ccc(C2CC3(c4ccccc4)CCC(c4ccccc4)(C2)OO3)cc1. The van der Waals surface area contributed by atoms with Crippen LogP contribution in [-0.2, 0) is 21.0 Å². The molecule has 2 heterocycles. The minimum absolute atomic E-state index is 0.325. The second-order valence-electron chi connectivity index (χ2n) is 8.27. The average Bonchev–Trinajstić information content (AvgIpc) is 3.09. The van der Waals surface area contributed by atoms with Crippen LogP contribution in [0, 0.1) is 0 Å². The lowest BCUT2D eigenvalue weighted by Gasteiger charge is -2.41. The molecule has 29 heavy (non-hydrogen) atoms. The van der Waals surface area contributed by atoms with E-state index in [2.05, 4.69) is 72.8 Å². The van der Waals surface area contributed by atoms with Gasteiger partial charge >= 0.3 is 0 Å². The van der Waals surface area contributed by atoms with Crippen LogP contribution in [0.4, 0.5) is 0 Å². The lowest BCUT2D eigenvalue weighted by Crippen LogP contribution is -2.40. The molecule has 2 aliphatic heterocycles. The van der Waals surface area contributed by atoms with Crippen LogP contribution in [0.25, 0.3) is 0 Å². The van der Waals surface area contributed by atoms with Gasteiger partial charge in [0, 0.05) is 0 Å². The minimum Gasteiger partial charge on any atom is -0.497 e. The van der Waals surface area contributed by atoms with Gasteiger partial charge in [-0.2, -0.15) is 0 Å². The lowest BCUT2D eigenvalue weighted by molar-refractivity contribution is -0.444. The number of ether oxygens (including phenoxy) is 1. The van der Waals surface area contributed by atoms with Crippen molar-refractivity contribution < 1.29 is 14.5 Å². The highest BCUT2D eigenvalue weighted by Crippen LogP contribution is 2.57. The van der Waals surface area contributed by atoms with E-state index in [-0.39, 0.29) is 0 Å². The van der Waals surface area contributed by atoms with Crippen LogP contribution in [0.2, 0.25) is 0 Å². The zero-order valence-electron chi connectivity index (χ0n) is 16.7. The molecule has 2 atom stereocenters. The van der Waals surface area contributed by atoms with Gasteiger partial charge in [0.05, 0.1) is 7.11 Å². The molecular formula is C26H26O3. The van der Waals surface area contributed by atoms with Crippen LogP contribution in [-0.4, -0.2) is 7.11 Å². The fourth-order valence-corrected chi connectivity index (χ4v) is 5.00. The Morgan fingerprint density at radius 2 is 1.17 bits per heavy atom. The second-order valence-corrected chi connectivity index (χ2v) is 8.27. The second kappa shape index (κ2) is 7.33. The Hall–Kier alpha value is -2.62. The van der Waals surface area contributed by atoms with Gasteiger partial charge in [-0.15, -0.1) is 0 Å². The highest BCUT2D eigenvalue weighted by atomic mass is 17.2. The summed E-state index contributed by atoms with van der Waals surface area (Å²) < 4.78 is 5.36. The van der Waals surface area contributed by atoms with Crippen molar-refractivity contribution in [2.75, 3.05) is 7.11 Å². The van der Waals surface area contributed by atoms with E-state index in [4.69, 9.17) is 14.5 Å². The molecule has 0 radical (unpaired) electrons. The Kier molecular flexibility index (Phi) is 4.65. The highest BCUT2D eigenvalue weighted by molar-refractivity contribution is 5.34. The van der Waals surface area contributed by atoms with Crippen LogP contribution < -0.4 is 4.74 Å². The van der Waals surface area contributed by atoms with Crippen molar-refractivity contribution in [1.29, 1.82) is 0 Å². The molecule has 3 aromatic rings. The summed E-state index contributed by atoms with van der Waals surface area (Å²) >= 11 is 0. The van der Waals surface area contributed by atoms with Gasteiger partial charge in [-0.05, 0) is 60.4 Å². The topological polar surface area (TPSA) is 27.7 Å². The van der Waals surface area contributed by atoms with Crippen molar-refractivity contribution in [3.8, 4) is 5.75 Å². The minimum atomic E-state index is -0.416.